The Morgan fingerprint density at radius 3 is 2.57 bits per heavy atom. The average molecular weight is 363 g/mol. The molecule has 21 heavy (non-hydrogen) atoms. The minimum absolute atomic E-state index is 0.0196. The number of thiocarbonyl (C=S) groups is 1. The maximum absolute atomic E-state index is 11.9. The van der Waals surface area contributed by atoms with E-state index in [1.165, 1.54) is 0 Å². The second-order valence-corrected chi connectivity index (χ2v) is 6.00. The Kier molecular flexibility index (Phi) is 5.47. The summed E-state index contributed by atoms with van der Waals surface area (Å²) < 4.78 is 0.969. The Hall–Kier alpha value is -1.72. The van der Waals surface area contributed by atoms with Crippen molar-refractivity contribution in [2.24, 2.45) is 5.73 Å². The van der Waals surface area contributed by atoms with Crippen LogP contribution in [0.4, 0.5) is 0 Å². The summed E-state index contributed by atoms with van der Waals surface area (Å²) in [6, 6.07) is 15.3. The predicted molar refractivity (Wildman–Crippen MR) is 92.0 cm³/mol. The zero-order chi connectivity index (χ0) is 15.2. The zero-order valence-corrected chi connectivity index (χ0v) is 13.7. The average Bonchev–Trinajstić information content (AvgIpc) is 2.45. The van der Waals surface area contributed by atoms with Crippen LogP contribution in [0.2, 0.25) is 0 Å². The summed E-state index contributed by atoms with van der Waals surface area (Å²) in [5.74, 6) is -0.0196. The van der Waals surface area contributed by atoms with Gasteiger partial charge in [-0.05, 0) is 29.3 Å². The van der Waals surface area contributed by atoms with Crippen molar-refractivity contribution in [3.8, 4) is 0 Å². The van der Waals surface area contributed by atoms with Gasteiger partial charge in [-0.3, -0.25) is 4.79 Å². The van der Waals surface area contributed by atoms with Crippen LogP contribution < -0.4 is 11.1 Å². The molecular formula is C16H15BrN2OS. The van der Waals surface area contributed by atoms with Gasteiger partial charge in [-0.1, -0.05) is 58.5 Å². The molecule has 0 saturated carbocycles. The first kappa shape index (κ1) is 15.7. The first-order valence-electron chi connectivity index (χ1n) is 6.44. The standard InChI is InChI=1S/C16H15BrN2OS/c17-14-6-2-3-11(8-14)9-15(20)19-10-12-4-1-5-13(7-12)16(18)21/h1-8H,9-10H2,(H2,18,21)(H,19,20). The summed E-state index contributed by atoms with van der Waals surface area (Å²) in [6.07, 6.45) is 0.356. The fourth-order valence-corrected chi connectivity index (χ4v) is 2.50. The van der Waals surface area contributed by atoms with Crippen LogP contribution in [0, 0.1) is 0 Å². The van der Waals surface area contributed by atoms with Crippen LogP contribution in [0.3, 0.4) is 0 Å². The fourth-order valence-electron chi connectivity index (χ4n) is 1.93. The number of nitrogens with one attached hydrogen (secondary N) is 1. The van der Waals surface area contributed by atoms with Gasteiger partial charge in [0.25, 0.3) is 0 Å². The monoisotopic (exact) mass is 362 g/mol. The highest BCUT2D eigenvalue weighted by molar-refractivity contribution is 9.10. The van der Waals surface area contributed by atoms with Crippen LogP contribution in [-0.4, -0.2) is 10.9 Å². The van der Waals surface area contributed by atoms with E-state index in [1.54, 1.807) is 0 Å². The number of carbonyl (C=O) groups excluding carboxylic acids is 1. The molecule has 0 aliphatic carbocycles. The summed E-state index contributed by atoms with van der Waals surface area (Å²) >= 11 is 8.34. The van der Waals surface area contributed by atoms with Gasteiger partial charge < -0.3 is 11.1 Å². The zero-order valence-electron chi connectivity index (χ0n) is 11.3. The molecule has 5 heteroatoms. The minimum Gasteiger partial charge on any atom is -0.389 e. The van der Waals surface area contributed by atoms with Crippen molar-refractivity contribution in [1.29, 1.82) is 0 Å². The number of rotatable bonds is 5. The van der Waals surface area contributed by atoms with Crippen molar-refractivity contribution in [3.63, 3.8) is 0 Å². The predicted octanol–water partition coefficient (Wildman–Crippen LogP) is 2.94. The first-order valence-corrected chi connectivity index (χ1v) is 7.64. The van der Waals surface area contributed by atoms with Crippen molar-refractivity contribution < 1.29 is 4.79 Å². The van der Waals surface area contributed by atoms with Gasteiger partial charge in [0.15, 0.2) is 0 Å². The summed E-state index contributed by atoms with van der Waals surface area (Å²) in [4.78, 5) is 12.3. The maximum Gasteiger partial charge on any atom is 0.224 e. The lowest BCUT2D eigenvalue weighted by Gasteiger charge is -2.07. The molecule has 108 valence electrons. The molecule has 0 bridgehead atoms. The number of hydrogen-bond acceptors (Lipinski definition) is 2. The van der Waals surface area contributed by atoms with Gasteiger partial charge >= 0.3 is 0 Å². The Morgan fingerprint density at radius 1 is 1.14 bits per heavy atom. The Balaban J connectivity index is 1.92. The molecule has 0 fully saturated rings. The van der Waals surface area contributed by atoms with E-state index in [0.717, 1.165) is 21.2 Å². The van der Waals surface area contributed by atoms with Crippen molar-refractivity contribution in [2.45, 2.75) is 13.0 Å². The third kappa shape index (κ3) is 4.95. The molecule has 0 atom stereocenters. The third-order valence-corrected chi connectivity index (χ3v) is 3.68. The molecule has 0 aliphatic rings. The van der Waals surface area contributed by atoms with E-state index in [-0.39, 0.29) is 5.91 Å². The lowest BCUT2D eigenvalue weighted by atomic mass is 10.1. The van der Waals surface area contributed by atoms with Crippen LogP contribution in [0.25, 0.3) is 0 Å². The van der Waals surface area contributed by atoms with Gasteiger partial charge in [-0.15, -0.1) is 0 Å². The number of benzene rings is 2. The largest absolute Gasteiger partial charge is 0.389 e. The minimum atomic E-state index is -0.0196. The second-order valence-electron chi connectivity index (χ2n) is 4.65. The molecule has 3 N–H and O–H groups in total. The molecular weight excluding hydrogens is 348 g/mol. The Labute approximate surface area is 137 Å². The highest BCUT2D eigenvalue weighted by atomic mass is 79.9. The summed E-state index contributed by atoms with van der Waals surface area (Å²) in [6.45, 7) is 0.462. The Morgan fingerprint density at radius 2 is 1.86 bits per heavy atom. The number of carbonyl (C=O) groups is 1. The normalized spacial score (nSPS) is 10.1. The van der Waals surface area contributed by atoms with Gasteiger partial charge in [0, 0.05) is 16.6 Å². The molecule has 0 unspecified atom stereocenters. The second kappa shape index (κ2) is 7.33. The Bertz CT molecular complexity index is 673. The third-order valence-electron chi connectivity index (χ3n) is 2.95. The summed E-state index contributed by atoms with van der Waals surface area (Å²) in [7, 11) is 0. The van der Waals surface area contributed by atoms with Crippen molar-refractivity contribution >= 4 is 39.0 Å². The molecule has 0 aliphatic heterocycles. The van der Waals surface area contributed by atoms with Gasteiger partial charge in [-0.25, -0.2) is 0 Å². The first-order chi connectivity index (χ1) is 10.0. The molecule has 0 spiro atoms. The molecule has 0 saturated heterocycles. The molecule has 0 aromatic heterocycles. The number of hydrogen-bond donors (Lipinski definition) is 2. The van der Waals surface area contributed by atoms with Gasteiger partial charge in [-0.2, -0.15) is 0 Å². The highest BCUT2D eigenvalue weighted by Crippen LogP contribution is 2.12. The fraction of sp³-hybridized carbons (Fsp3) is 0.125. The van der Waals surface area contributed by atoms with E-state index >= 15 is 0 Å². The number of nitrogens with two attached hydrogens (primary N) is 1. The van der Waals surface area contributed by atoms with E-state index in [2.05, 4.69) is 21.2 Å². The smallest absolute Gasteiger partial charge is 0.224 e. The van der Waals surface area contributed by atoms with E-state index in [1.807, 2.05) is 48.5 Å². The van der Waals surface area contributed by atoms with E-state index in [9.17, 15) is 4.79 Å². The SMILES string of the molecule is NC(=S)c1cccc(CNC(=O)Cc2cccc(Br)c2)c1. The van der Waals surface area contributed by atoms with E-state index in [0.29, 0.717) is 18.0 Å². The van der Waals surface area contributed by atoms with Gasteiger partial charge in [0.2, 0.25) is 5.91 Å². The quantitative estimate of drug-likeness (QED) is 0.804. The van der Waals surface area contributed by atoms with Gasteiger partial charge in [0.05, 0.1) is 6.42 Å². The number of amides is 1. The van der Waals surface area contributed by atoms with Gasteiger partial charge in [0.1, 0.15) is 4.99 Å². The van der Waals surface area contributed by atoms with Crippen LogP contribution in [-0.2, 0) is 17.8 Å². The van der Waals surface area contributed by atoms with Crippen LogP contribution in [0.15, 0.2) is 53.0 Å². The molecule has 0 radical (unpaired) electrons. The lowest BCUT2D eigenvalue weighted by Crippen LogP contribution is -2.24. The van der Waals surface area contributed by atoms with Crippen LogP contribution >= 0.6 is 28.1 Å². The van der Waals surface area contributed by atoms with Crippen LogP contribution in [0.1, 0.15) is 16.7 Å². The van der Waals surface area contributed by atoms with Crippen LogP contribution in [0.5, 0.6) is 0 Å². The maximum atomic E-state index is 11.9. The molecule has 0 heterocycles. The summed E-state index contributed by atoms with van der Waals surface area (Å²) in [5.41, 5.74) is 8.35. The highest BCUT2D eigenvalue weighted by Gasteiger charge is 2.04. The number of halogens is 1. The molecule has 2 rings (SSSR count). The molecule has 3 nitrogen and oxygen atoms in total. The van der Waals surface area contributed by atoms with E-state index < -0.39 is 0 Å². The van der Waals surface area contributed by atoms with Crippen molar-refractivity contribution in [2.75, 3.05) is 0 Å². The van der Waals surface area contributed by atoms with Crippen molar-refractivity contribution in [1.82, 2.24) is 5.32 Å². The molecule has 2 aromatic carbocycles. The topological polar surface area (TPSA) is 55.1 Å². The van der Waals surface area contributed by atoms with Crippen molar-refractivity contribution in [3.05, 3.63) is 69.7 Å². The lowest BCUT2D eigenvalue weighted by molar-refractivity contribution is -0.120. The molecule has 1 amide bonds. The van der Waals surface area contributed by atoms with E-state index in [4.69, 9.17) is 18.0 Å². The summed E-state index contributed by atoms with van der Waals surface area (Å²) in [5, 5.41) is 2.89. The molecule has 2 aromatic rings.